The molecule has 2 N–H and O–H groups in total. The fourth-order valence-electron chi connectivity index (χ4n) is 2.09. The molecule has 3 heteroatoms. The second-order valence-electron chi connectivity index (χ2n) is 4.82. The molecule has 1 atom stereocenters. The predicted octanol–water partition coefficient (Wildman–Crippen LogP) is 4.84. The van der Waals surface area contributed by atoms with E-state index >= 15 is 0 Å². The van der Waals surface area contributed by atoms with E-state index in [-0.39, 0.29) is 11.8 Å². The number of halogens is 1. The summed E-state index contributed by atoms with van der Waals surface area (Å²) in [7, 11) is 0. The van der Waals surface area contributed by atoms with Gasteiger partial charge in [0, 0.05) is 16.3 Å². The van der Waals surface area contributed by atoms with Crippen LogP contribution in [-0.2, 0) is 0 Å². The van der Waals surface area contributed by atoms with E-state index < -0.39 is 0 Å². The van der Waals surface area contributed by atoms with Gasteiger partial charge in [0.2, 0.25) is 0 Å². The van der Waals surface area contributed by atoms with Gasteiger partial charge in [0.25, 0.3) is 0 Å². The van der Waals surface area contributed by atoms with Crippen molar-refractivity contribution in [3.63, 3.8) is 0 Å². The molecule has 0 aliphatic rings. The third kappa shape index (κ3) is 3.02. The van der Waals surface area contributed by atoms with Crippen LogP contribution in [0.5, 0.6) is 5.75 Å². The highest BCUT2D eigenvalue weighted by Gasteiger charge is 2.12. The number of hydrogen-bond donors (Lipinski definition) is 2. The first-order chi connectivity index (χ1) is 8.99. The fraction of sp³-hybridized carbons (Fsp3) is 0.250. The zero-order valence-electron chi connectivity index (χ0n) is 11.4. The minimum absolute atomic E-state index is 0.0146. The summed E-state index contributed by atoms with van der Waals surface area (Å²) in [5.74, 6) is 0.259. The van der Waals surface area contributed by atoms with Crippen LogP contribution in [0.2, 0.25) is 5.02 Å². The molecule has 0 aliphatic carbocycles. The summed E-state index contributed by atoms with van der Waals surface area (Å²) in [6, 6.07) is 11.2. The summed E-state index contributed by atoms with van der Waals surface area (Å²) < 4.78 is 0. The summed E-state index contributed by atoms with van der Waals surface area (Å²) >= 11 is 5.98. The van der Waals surface area contributed by atoms with Gasteiger partial charge < -0.3 is 10.4 Å². The van der Waals surface area contributed by atoms with Gasteiger partial charge in [-0.05, 0) is 56.2 Å². The van der Waals surface area contributed by atoms with E-state index in [2.05, 4.69) is 25.2 Å². The van der Waals surface area contributed by atoms with Crippen molar-refractivity contribution in [3.05, 3.63) is 58.1 Å². The van der Waals surface area contributed by atoms with Crippen LogP contribution in [0.3, 0.4) is 0 Å². The van der Waals surface area contributed by atoms with Crippen molar-refractivity contribution in [1.29, 1.82) is 0 Å². The topological polar surface area (TPSA) is 32.3 Å². The van der Waals surface area contributed by atoms with Crippen molar-refractivity contribution < 1.29 is 5.11 Å². The molecular formula is C16H18ClNO. The quantitative estimate of drug-likeness (QED) is 0.840. The molecule has 2 rings (SSSR count). The lowest BCUT2D eigenvalue weighted by Crippen LogP contribution is -2.08. The van der Waals surface area contributed by atoms with Crippen molar-refractivity contribution >= 4 is 17.3 Å². The zero-order chi connectivity index (χ0) is 14.0. The van der Waals surface area contributed by atoms with E-state index in [4.69, 9.17) is 11.6 Å². The van der Waals surface area contributed by atoms with Gasteiger partial charge in [-0.1, -0.05) is 23.7 Å². The second kappa shape index (κ2) is 5.54. The molecule has 0 unspecified atom stereocenters. The Labute approximate surface area is 119 Å². The van der Waals surface area contributed by atoms with Crippen LogP contribution in [0.4, 0.5) is 5.69 Å². The van der Waals surface area contributed by atoms with Crippen molar-refractivity contribution in [2.75, 3.05) is 5.32 Å². The molecule has 0 spiro atoms. The summed E-state index contributed by atoms with van der Waals surface area (Å²) in [5, 5.41) is 14.0. The SMILES string of the molecule is Cc1cccc(N[C@@H](C)c2cc(Cl)ccc2O)c1C. The van der Waals surface area contributed by atoms with E-state index in [1.165, 1.54) is 11.1 Å². The van der Waals surface area contributed by atoms with Crippen LogP contribution < -0.4 is 5.32 Å². The molecule has 2 nitrogen and oxygen atoms in total. The van der Waals surface area contributed by atoms with Crippen molar-refractivity contribution in [3.8, 4) is 5.75 Å². The highest BCUT2D eigenvalue weighted by molar-refractivity contribution is 6.30. The van der Waals surface area contributed by atoms with Crippen LogP contribution in [0.1, 0.15) is 29.7 Å². The van der Waals surface area contributed by atoms with Gasteiger partial charge in [-0.25, -0.2) is 0 Å². The first kappa shape index (κ1) is 13.8. The lowest BCUT2D eigenvalue weighted by atomic mass is 10.0. The monoisotopic (exact) mass is 275 g/mol. The minimum atomic E-state index is -0.0146. The van der Waals surface area contributed by atoms with Gasteiger partial charge >= 0.3 is 0 Å². The number of phenolic OH excluding ortho intramolecular Hbond substituents is 1. The molecule has 0 saturated heterocycles. The molecule has 2 aromatic carbocycles. The van der Waals surface area contributed by atoms with E-state index in [0.29, 0.717) is 5.02 Å². The standard InChI is InChI=1S/C16H18ClNO/c1-10-5-4-6-15(11(10)2)18-12(3)14-9-13(17)7-8-16(14)19/h4-9,12,18-19H,1-3H3/t12-/m0/s1. The third-order valence-electron chi connectivity index (χ3n) is 3.43. The number of rotatable bonds is 3. The first-order valence-corrected chi connectivity index (χ1v) is 6.68. The summed E-state index contributed by atoms with van der Waals surface area (Å²) in [6.07, 6.45) is 0. The Kier molecular flexibility index (Phi) is 4.01. The van der Waals surface area contributed by atoms with E-state index in [9.17, 15) is 5.11 Å². The Morgan fingerprint density at radius 2 is 1.89 bits per heavy atom. The molecule has 0 heterocycles. The van der Waals surface area contributed by atoms with Crippen LogP contribution in [0.15, 0.2) is 36.4 Å². The largest absolute Gasteiger partial charge is 0.508 e. The van der Waals surface area contributed by atoms with Gasteiger partial charge in [0.05, 0.1) is 6.04 Å². The normalized spacial score (nSPS) is 12.2. The number of anilines is 1. The highest BCUT2D eigenvalue weighted by Crippen LogP contribution is 2.30. The number of nitrogens with one attached hydrogen (secondary N) is 1. The van der Waals surface area contributed by atoms with Crippen LogP contribution in [-0.4, -0.2) is 5.11 Å². The zero-order valence-corrected chi connectivity index (χ0v) is 12.1. The highest BCUT2D eigenvalue weighted by atomic mass is 35.5. The number of benzene rings is 2. The molecular weight excluding hydrogens is 258 g/mol. The average Bonchev–Trinajstić information content (AvgIpc) is 2.38. The molecule has 2 aromatic rings. The average molecular weight is 276 g/mol. The van der Waals surface area contributed by atoms with E-state index in [0.717, 1.165) is 11.3 Å². The van der Waals surface area contributed by atoms with Gasteiger partial charge in [-0.3, -0.25) is 0 Å². The molecule has 0 bridgehead atoms. The van der Waals surface area contributed by atoms with E-state index in [1.807, 2.05) is 19.1 Å². The summed E-state index contributed by atoms with van der Waals surface area (Å²) in [5.41, 5.74) is 4.34. The molecule has 0 saturated carbocycles. The van der Waals surface area contributed by atoms with Crippen molar-refractivity contribution in [2.24, 2.45) is 0 Å². The molecule has 0 amide bonds. The van der Waals surface area contributed by atoms with Crippen LogP contribution in [0, 0.1) is 13.8 Å². The predicted molar refractivity (Wildman–Crippen MR) is 81.1 cm³/mol. The molecule has 0 aliphatic heterocycles. The summed E-state index contributed by atoms with van der Waals surface area (Å²) in [6.45, 7) is 6.18. The number of aromatic hydroxyl groups is 1. The van der Waals surface area contributed by atoms with Gasteiger partial charge in [0.15, 0.2) is 0 Å². The molecule has 0 aromatic heterocycles. The van der Waals surface area contributed by atoms with Crippen molar-refractivity contribution in [2.45, 2.75) is 26.8 Å². The Hall–Kier alpha value is -1.67. The van der Waals surface area contributed by atoms with Gasteiger partial charge in [-0.15, -0.1) is 0 Å². The second-order valence-corrected chi connectivity index (χ2v) is 5.25. The lowest BCUT2D eigenvalue weighted by molar-refractivity contribution is 0.465. The number of hydrogen-bond acceptors (Lipinski definition) is 2. The van der Waals surface area contributed by atoms with Gasteiger partial charge in [0.1, 0.15) is 5.75 Å². The summed E-state index contributed by atoms with van der Waals surface area (Å²) in [4.78, 5) is 0. The maximum atomic E-state index is 9.91. The van der Waals surface area contributed by atoms with Gasteiger partial charge in [-0.2, -0.15) is 0 Å². The maximum absolute atomic E-state index is 9.91. The Bertz CT molecular complexity index is 595. The van der Waals surface area contributed by atoms with Crippen LogP contribution >= 0.6 is 11.6 Å². The van der Waals surface area contributed by atoms with E-state index in [1.54, 1.807) is 18.2 Å². The maximum Gasteiger partial charge on any atom is 0.120 e. The minimum Gasteiger partial charge on any atom is -0.508 e. The Morgan fingerprint density at radius 1 is 1.16 bits per heavy atom. The third-order valence-corrected chi connectivity index (χ3v) is 3.67. The Morgan fingerprint density at radius 3 is 2.63 bits per heavy atom. The fourth-order valence-corrected chi connectivity index (χ4v) is 2.27. The smallest absolute Gasteiger partial charge is 0.120 e. The Balaban J connectivity index is 2.28. The van der Waals surface area contributed by atoms with Crippen LogP contribution in [0.25, 0.3) is 0 Å². The molecule has 19 heavy (non-hydrogen) atoms. The molecule has 0 fully saturated rings. The first-order valence-electron chi connectivity index (χ1n) is 6.30. The molecule has 100 valence electrons. The molecule has 0 radical (unpaired) electrons. The lowest BCUT2D eigenvalue weighted by Gasteiger charge is -2.19. The number of phenols is 1. The number of aryl methyl sites for hydroxylation is 1. The van der Waals surface area contributed by atoms with Crippen molar-refractivity contribution in [1.82, 2.24) is 0 Å².